The van der Waals surface area contributed by atoms with Crippen molar-refractivity contribution in [1.82, 2.24) is 15.3 Å². The molecule has 3 aromatic rings. The number of carbonyl (C=O) groups is 1. The zero-order valence-electron chi connectivity index (χ0n) is 16.5. The normalized spacial score (nSPS) is 14.4. The Kier molecular flexibility index (Phi) is 5.90. The summed E-state index contributed by atoms with van der Waals surface area (Å²) < 4.78 is 5.79. The summed E-state index contributed by atoms with van der Waals surface area (Å²) in [5.41, 5.74) is 8.30. The number of piperidine rings is 1. The Hall–Kier alpha value is -3.45. The first kappa shape index (κ1) is 19.8. The average Bonchev–Trinajstić information content (AvgIpc) is 2.78. The SMILES string of the molecule is Nc1nc(-c2c(O)cccc2OCC(=O)c2ccccc2)cc(C2CCNCC2)n1. The molecular formula is C23H24N4O3. The highest BCUT2D eigenvalue weighted by molar-refractivity contribution is 5.97. The molecule has 2 aromatic carbocycles. The van der Waals surface area contributed by atoms with Gasteiger partial charge in [0.25, 0.3) is 0 Å². The fourth-order valence-corrected chi connectivity index (χ4v) is 3.69. The van der Waals surface area contributed by atoms with E-state index in [2.05, 4.69) is 15.3 Å². The molecule has 0 atom stereocenters. The van der Waals surface area contributed by atoms with E-state index in [1.54, 1.807) is 42.5 Å². The van der Waals surface area contributed by atoms with Crippen LogP contribution in [-0.4, -0.2) is 40.6 Å². The highest BCUT2D eigenvalue weighted by atomic mass is 16.5. The summed E-state index contributed by atoms with van der Waals surface area (Å²) in [5.74, 6) is 0.658. The molecule has 0 aliphatic carbocycles. The average molecular weight is 404 g/mol. The van der Waals surface area contributed by atoms with Crippen molar-refractivity contribution in [3.63, 3.8) is 0 Å². The molecule has 1 fully saturated rings. The number of aromatic hydroxyl groups is 1. The molecule has 4 N–H and O–H groups in total. The van der Waals surface area contributed by atoms with Crippen molar-refractivity contribution in [2.75, 3.05) is 25.4 Å². The van der Waals surface area contributed by atoms with Gasteiger partial charge in [0.05, 0.1) is 11.3 Å². The number of phenolic OH excluding ortho intramolecular Hbond substituents is 1. The predicted octanol–water partition coefficient (Wildman–Crippen LogP) is 3.16. The minimum absolute atomic E-state index is 0.00835. The lowest BCUT2D eigenvalue weighted by Gasteiger charge is -2.22. The Morgan fingerprint density at radius 1 is 1.10 bits per heavy atom. The molecule has 1 aliphatic rings. The van der Waals surface area contributed by atoms with Crippen molar-refractivity contribution in [1.29, 1.82) is 0 Å². The van der Waals surface area contributed by atoms with Crippen LogP contribution in [0.5, 0.6) is 11.5 Å². The lowest BCUT2D eigenvalue weighted by atomic mass is 9.93. The van der Waals surface area contributed by atoms with E-state index in [0.29, 0.717) is 22.6 Å². The highest BCUT2D eigenvalue weighted by Crippen LogP contribution is 2.38. The van der Waals surface area contributed by atoms with Gasteiger partial charge in [0.15, 0.2) is 12.4 Å². The molecule has 0 amide bonds. The number of hydrogen-bond acceptors (Lipinski definition) is 7. The number of Topliss-reactive ketones (excluding diaryl/α,β-unsaturated/α-hetero) is 1. The second-order valence-corrected chi connectivity index (χ2v) is 7.29. The number of benzene rings is 2. The van der Waals surface area contributed by atoms with Crippen molar-refractivity contribution in [2.45, 2.75) is 18.8 Å². The van der Waals surface area contributed by atoms with Crippen LogP contribution in [0.15, 0.2) is 54.6 Å². The Morgan fingerprint density at radius 3 is 2.63 bits per heavy atom. The zero-order chi connectivity index (χ0) is 20.9. The van der Waals surface area contributed by atoms with E-state index < -0.39 is 0 Å². The topological polar surface area (TPSA) is 110 Å². The summed E-state index contributed by atoms with van der Waals surface area (Å²) in [6, 6.07) is 15.7. The third kappa shape index (κ3) is 4.41. The highest BCUT2D eigenvalue weighted by Gasteiger charge is 2.21. The van der Waals surface area contributed by atoms with E-state index in [1.165, 1.54) is 0 Å². The molecule has 1 aromatic heterocycles. The number of nitrogens with zero attached hydrogens (tertiary/aromatic N) is 2. The molecule has 0 unspecified atom stereocenters. The van der Waals surface area contributed by atoms with Gasteiger partial charge < -0.3 is 20.9 Å². The molecule has 154 valence electrons. The quantitative estimate of drug-likeness (QED) is 0.541. The number of aromatic nitrogens is 2. The van der Waals surface area contributed by atoms with E-state index in [0.717, 1.165) is 31.6 Å². The number of ether oxygens (including phenoxy) is 1. The first-order valence-corrected chi connectivity index (χ1v) is 10.0. The second-order valence-electron chi connectivity index (χ2n) is 7.29. The van der Waals surface area contributed by atoms with Gasteiger partial charge in [0, 0.05) is 17.2 Å². The lowest BCUT2D eigenvalue weighted by molar-refractivity contribution is 0.0921. The van der Waals surface area contributed by atoms with Crippen LogP contribution in [-0.2, 0) is 0 Å². The lowest BCUT2D eigenvalue weighted by Crippen LogP contribution is -2.27. The maximum atomic E-state index is 12.4. The third-order valence-corrected chi connectivity index (χ3v) is 5.24. The van der Waals surface area contributed by atoms with Crippen molar-refractivity contribution >= 4 is 11.7 Å². The van der Waals surface area contributed by atoms with Crippen molar-refractivity contribution in [3.05, 3.63) is 65.9 Å². The first-order chi connectivity index (χ1) is 14.6. The van der Waals surface area contributed by atoms with Gasteiger partial charge in [-0.05, 0) is 44.1 Å². The van der Waals surface area contributed by atoms with Gasteiger partial charge in [-0.2, -0.15) is 0 Å². The molecule has 30 heavy (non-hydrogen) atoms. The van der Waals surface area contributed by atoms with Gasteiger partial charge in [-0.25, -0.2) is 9.97 Å². The third-order valence-electron chi connectivity index (χ3n) is 5.24. The van der Waals surface area contributed by atoms with E-state index in [4.69, 9.17) is 10.5 Å². The summed E-state index contributed by atoms with van der Waals surface area (Å²) in [5, 5.41) is 13.9. The van der Waals surface area contributed by atoms with Gasteiger partial charge in [-0.1, -0.05) is 36.4 Å². The molecule has 1 aliphatic heterocycles. The molecule has 0 bridgehead atoms. The Morgan fingerprint density at radius 2 is 1.87 bits per heavy atom. The monoisotopic (exact) mass is 404 g/mol. The van der Waals surface area contributed by atoms with Crippen molar-refractivity contribution in [2.24, 2.45) is 0 Å². The zero-order valence-corrected chi connectivity index (χ0v) is 16.5. The number of rotatable bonds is 6. The Labute approximate surface area is 174 Å². The maximum absolute atomic E-state index is 12.4. The van der Waals surface area contributed by atoms with Crippen LogP contribution in [0.4, 0.5) is 5.95 Å². The summed E-state index contributed by atoms with van der Waals surface area (Å²) in [7, 11) is 0. The number of nitrogens with one attached hydrogen (secondary N) is 1. The molecule has 1 saturated heterocycles. The summed E-state index contributed by atoms with van der Waals surface area (Å²) in [6.45, 7) is 1.70. The van der Waals surface area contributed by atoms with Crippen LogP contribution < -0.4 is 15.8 Å². The van der Waals surface area contributed by atoms with E-state index in [1.807, 2.05) is 12.1 Å². The molecule has 7 heteroatoms. The standard InChI is InChI=1S/C23H24N4O3/c24-23-26-17(15-9-11-25-12-10-15)13-18(27-23)22-19(28)7-4-8-21(22)30-14-20(29)16-5-2-1-3-6-16/h1-8,13,15,25,28H,9-12,14H2,(H2,24,26,27). The number of nitrogens with two attached hydrogens (primary N) is 1. The van der Waals surface area contributed by atoms with Crippen LogP contribution in [0.25, 0.3) is 11.3 Å². The van der Waals surface area contributed by atoms with E-state index in [9.17, 15) is 9.90 Å². The molecule has 4 rings (SSSR count). The summed E-state index contributed by atoms with van der Waals surface area (Å²) >= 11 is 0. The number of hydrogen-bond donors (Lipinski definition) is 3. The van der Waals surface area contributed by atoms with Crippen LogP contribution in [0.3, 0.4) is 0 Å². The van der Waals surface area contributed by atoms with Crippen molar-refractivity contribution < 1.29 is 14.6 Å². The summed E-state index contributed by atoms with van der Waals surface area (Å²) in [6.07, 6.45) is 1.93. The first-order valence-electron chi connectivity index (χ1n) is 10.0. The van der Waals surface area contributed by atoms with Crippen LogP contribution in [0.1, 0.15) is 34.8 Å². The number of phenols is 1. The molecule has 0 spiro atoms. The van der Waals surface area contributed by atoms with E-state index in [-0.39, 0.29) is 30.0 Å². The smallest absolute Gasteiger partial charge is 0.220 e. The second kappa shape index (κ2) is 8.92. The Balaban J connectivity index is 1.63. The van der Waals surface area contributed by atoms with Gasteiger partial charge in [0.1, 0.15) is 11.5 Å². The predicted molar refractivity (Wildman–Crippen MR) is 115 cm³/mol. The number of nitrogen functional groups attached to an aromatic ring is 1. The van der Waals surface area contributed by atoms with Crippen LogP contribution in [0.2, 0.25) is 0 Å². The van der Waals surface area contributed by atoms with Crippen LogP contribution >= 0.6 is 0 Å². The molecule has 0 saturated carbocycles. The molecular weight excluding hydrogens is 380 g/mol. The maximum Gasteiger partial charge on any atom is 0.220 e. The van der Waals surface area contributed by atoms with Gasteiger partial charge in [-0.15, -0.1) is 0 Å². The minimum atomic E-state index is -0.151. The molecule has 0 radical (unpaired) electrons. The Bertz CT molecular complexity index is 1030. The molecule has 2 heterocycles. The number of carbonyl (C=O) groups excluding carboxylic acids is 1. The number of anilines is 1. The minimum Gasteiger partial charge on any atom is -0.507 e. The fraction of sp³-hybridized carbons (Fsp3) is 0.261. The van der Waals surface area contributed by atoms with Gasteiger partial charge >= 0.3 is 0 Å². The van der Waals surface area contributed by atoms with Gasteiger partial charge in [0.2, 0.25) is 5.95 Å². The summed E-state index contributed by atoms with van der Waals surface area (Å²) in [4.78, 5) is 21.2. The van der Waals surface area contributed by atoms with E-state index >= 15 is 0 Å². The number of ketones is 1. The fourth-order valence-electron chi connectivity index (χ4n) is 3.69. The largest absolute Gasteiger partial charge is 0.507 e. The van der Waals surface area contributed by atoms with Crippen molar-refractivity contribution in [3.8, 4) is 22.8 Å². The molecule has 7 nitrogen and oxygen atoms in total. The van der Waals surface area contributed by atoms with Crippen LogP contribution in [0, 0.1) is 0 Å². The van der Waals surface area contributed by atoms with Gasteiger partial charge in [-0.3, -0.25) is 4.79 Å².